The van der Waals surface area contributed by atoms with Gasteiger partial charge >= 0.3 is 17.1 Å². The van der Waals surface area contributed by atoms with Gasteiger partial charge in [-0.3, -0.25) is 0 Å². The predicted octanol–water partition coefficient (Wildman–Crippen LogP) is 7.42. The number of hydrogen-bond acceptors (Lipinski definition) is 4. The lowest BCUT2D eigenvalue weighted by molar-refractivity contribution is 0.167. The maximum atomic E-state index is 5.99. The Labute approximate surface area is 179 Å². The topological polar surface area (TPSA) is 36.9 Å². The molecule has 0 aliphatic carbocycles. The van der Waals surface area contributed by atoms with Crippen molar-refractivity contribution >= 4 is 17.1 Å². The summed E-state index contributed by atoms with van der Waals surface area (Å²) in [5.74, 6) is 0. The summed E-state index contributed by atoms with van der Waals surface area (Å²) in [6.45, 7) is 24.7. The Balaban J connectivity index is 0. The van der Waals surface area contributed by atoms with E-state index in [2.05, 4.69) is 55.4 Å². The van der Waals surface area contributed by atoms with Crippen molar-refractivity contribution in [1.29, 1.82) is 0 Å². The molecule has 0 radical (unpaired) electrons. The van der Waals surface area contributed by atoms with Gasteiger partial charge in [0, 0.05) is 26.4 Å². The predicted molar refractivity (Wildman–Crippen MR) is 128 cm³/mol. The van der Waals surface area contributed by atoms with Gasteiger partial charge in [-0.15, -0.1) is 0 Å². The lowest BCUT2D eigenvalue weighted by atomic mass is 10.4. The van der Waals surface area contributed by atoms with Crippen LogP contribution in [-0.4, -0.2) is 43.5 Å². The van der Waals surface area contributed by atoms with Crippen LogP contribution in [0.15, 0.2) is 0 Å². The van der Waals surface area contributed by atoms with Crippen LogP contribution >= 0.6 is 0 Å². The van der Waals surface area contributed by atoms with E-state index < -0.39 is 17.1 Å². The summed E-state index contributed by atoms with van der Waals surface area (Å²) >= 11 is 0. The van der Waals surface area contributed by atoms with Crippen molar-refractivity contribution in [2.45, 2.75) is 118 Å². The highest BCUT2D eigenvalue weighted by Gasteiger charge is 2.44. The molecule has 0 saturated carbocycles. The van der Waals surface area contributed by atoms with Crippen LogP contribution in [0.25, 0.3) is 0 Å². The quantitative estimate of drug-likeness (QED) is 0.236. The highest BCUT2D eigenvalue weighted by Crippen LogP contribution is 2.34. The van der Waals surface area contributed by atoms with Gasteiger partial charge in [0.25, 0.3) is 0 Å². The zero-order valence-electron chi connectivity index (χ0n) is 20.9. The fourth-order valence-corrected chi connectivity index (χ4v) is 11.1. The summed E-state index contributed by atoms with van der Waals surface area (Å²) in [6, 6.07) is 2.34. The first kappa shape index (κ1) is 30.5. The molecule has 0 rings (SSSR count). The lowest BCUT2D eigenvalue weighted by Crippen LogP contribution is -2.48. The average molecular weight is 437 g/mol. The van der Waals surface area contributed by atoms with Gasteiger partial charge in [-0.1, -0.05) is 67.2 Å². The molecular weight excluding hydrogens is 384 g/mol. The summed E-state index contributed by atoms with van der Waals surface area (Å²) in [5, 5.41) is 0. The van der Waals surface area contributed by atoms with Crippen molar-refractivity contribution in [3.05, 3.63) is 0 Å². The second-order valence-corrected chi connectivity index (χ2v) is 15.6. The van der Waals surface area contributed by atoms with E-state index in [1.165, 1.54) is 37.8 Å². The second-order valence-electron chi connectivity index (χ2n) is 7.88. The Bertz CT molecular complexity index is 306. The van der Waals surface area contributed by atoms with Crippen LogP contribution in [-0.2, 0) is 17.7 Å². The van der Waals surface area contributed by atoms with Crippen LogP contribution in [0.5, 0.6) is 0 Å². The Morgan fingerprint density at radius 3 is 1.07 bits per heavy atom. The first-order chi connectivity index (χ1) is 13.3. The number of rotatable bonds is 16. The van der Waals surface area contributed by atoms with Gasteiger partial charge in [0.1, 0.15) is 0 Å². The molecule has 6 heteroatoms. The summed E-state index contributed by atoms with van der Waals surface area (Å²) < 4.78 is 23.8. The van der Waals surface area contributed by atoms with E-state index in [1.807, 2.05) is 13.8 Å². The molecule has 0 saturated heterocycles. The Morgan fingerprint density at radius 2 is 0.857 bits per heavy atom. The third-order valence-corrected chi connectivity index (χ3v) is 13.5. The molecule has 0 aromatic carbocycles. The van der Waals surface area contributed by atoms with Crippen molar-refractivity contribution in [2.24, 2.45) is 0 Å². The standard InChI is InChI=1S/C12H28O2Si.C10H24O2Si/c1-5-9-11-15(13-7-3,14-8-4)12-10-6-2;1-7-11-13(9(3)4,10(5)6)12-8-2/h5-12H2,1-4H3;9-10H,7-8H2,1-6H3. The highest BCUT2D eigenvalue weighted by atomic mass is 28.4. The van der Waals surface area contributed by atoms with E-state index in [1.54, 1.807) is 0 Å². The molecule has 0 amide bonds. The largest absolute Gasteiger partial charge is 0.394 e. The van der Waals surface area contributed by atoms with Crippen molar-refractivity contribution in [3.63, 3.8) is 0 Å². The van der Waals surface area contributed by atoms with E-state index >= 15 is 0 Å². The SMILES string of the molecule is CCCC[Si](CCCC)(OCC)OCC.CCO[Si](OCC)(C(C)C)C(C)C. The summed E-state index contributed by atoms with van der Waals surface area (Å²) in [5.41, 5.74) is 1.04. The molecule has 4 nitrogen and oxygen atoms in total. The third kappa shape index (κ3) is 11.5. The molecule has 0 aromatic rings. The molecule has 0 heterocycles. The van der Waals surface area contributed by atoms with Crippen LogP contribution in [0.4, 0.5) is 0 Å². The minimum atomic E-state index is -1.95. The molecule has 0 spiro atoms. The molecule has 0 aliphatic heterocycles. The van der Waals surface area contributed by atoms with E-state index in [0.717, 1.165) is 26.4 Å². The van der Waals surface area contributed by atoms with Crippen LogP contribution in [0.2, 0.25) is 23.2 Å². The van der Waals surface area contributed by atoms with Gasteiger partial charge in [-0.2, -0.15) is 0 Å². The minimum Gasteiger partial charge on any atom is -0.394 e. The maximum absolute atomic E-state index is 5.99. The minimum absolute atomic E-state index is 0.521. The van der Waals surface area contributed by atoms with Gasteiger partial charge in [-0.05, 0) is 50.9 Å². The van der Waals surface area contributed by atoms with Gasteiger partial charge in [0.15, 0.2) is 0 Å². The molecule has 0 unspecified atom stereocenters. The normalized spacial score (nSPS) is 12.4. The zero-order valence-corrected chi connectivity index (χ0v) is 22.9. The van der Waals surface area contributed by atoms with Crippen LogP contribution in [0.3, 0.4) is 0 Å². The molecule has 0 aromatic heterocycles. The first-order valence-corrected chi connectivity index (χ1v) is 16.0. The smallest absolute Gasteiger partial charge is 0.343 e. The summed E-state index contributed by atoms with van der Waals surface area (Å²) in [7, 11) is -3.79. The zero-order chi connectivity index (χ0) is 22.1. The van der Waals surface area contributed by atoms with E-state index in [-0.39, 0.29) is 0 Å². The monoisotopic (exact) mass is 436 g/mol. The van der Waals surface area contributed by atoms with Gasteiger partial charge < -0.3 is 17.7 Å². The second kappa shape index (κ2) is 18.1. The Kier molecular flexibility index (Phi) is 19.7. The molecule has 172 valence electrons. The number of hydrogen-bond donors (Lipinski definition) is 0. The van der Waals surface area contributed by atoms with E-state index in [9.17, 15) is 0 Å². The molecule has 0 fully saturated rings. The fraction of sp³-hybridized carbons (Fsp3) is 1.00. The number of unbranched alkanes of at least 4 members (excludes halogenated alkanes) is 2. The maximum Gasteiger partial charge on any atom is 0.343 e. The van der Waals surface area contributed by atoms with Gasteiger partial charge in [0.05, 0.1) is 0 Å². The fourth-order valence-electron chi connectivity index (χ4n) is 3.70. The van der Waals surface area contributed by atoms with Gasteiger partial charge in [-0.25, -0.2) is 0 Å². The molecule has 0 N–H and O–H groups in total. The van der Waals surface area contributed by atoms with Crippen molar-refractivity contribution in [2.75, 3.05) is 26.4 Å². The van der Waals surface area contributed by atoms with Crippen molar-refractivity contribution < 1.29 is 17.7 Å². The van der Waals surface area contributed by atoms with E-state index in [0.29, 0.717) is 11.1 Å². The molecule has 28 heavy (non-hydrogen) atoms. The highest BCUT2D eigenvalue weighted by molar-refractivity contribution is 6.70. The van der Waals surface area contributed by atoms with Crippen molar-refractivity contribution in [1.82, 2.24) is 0 Å². The Morgan fingerprint density at radius 1 is 0.536 bits per heavy atom. The van der Waals surface area contributed by atoms with Crippen LogP contribution in [0.1, 0.15) is 94.9 Å². The molecular formula is C22H52O4Si2. The molecule has 0 aliphatic rings. The van der Waals surface area contributed by atoms with Crippen LogP contribution < -0.4 is 0 Å². The average Bonchev–Trinajstić information content (AvgIpc) is 2.65. The first-order valence-electron chi connectivity index (χ1n) is 11.8. The summed E-state index contributed by atoms with van der Waals surface area (Å²) in [6.07, 6.45) is 4.97. The molecule has 0 bridgehead atoms. The third-order valence-electron chi connectivity index (χ3n) is 4.99. The Hall–Kier alpha value is 0.274. The molecule has 0 atom stereocenters. The van der Waals surface area contributed by atoms with Crippen LogP contribution in [0, 0.1) is 0 Å². The van der Waals surface area contributed by atoms with Gasteiger partial charge in [0.2, 0.25) is 0 Å². The van der Waals surface area contributed by atoms with Crippen molar-refractivity contribution in [3.8, 4) is 0 Å². The summed E-state index contributed by atoms with van der Waals surface area (Å²) in [4.78, 5) is 0. The van der Waals surface area contributed by atoms with E-state index in [4.69, 9.17) is 17.7 Å². The lowest BCUT2D eigenvalue weighted by Gasteiger charge is -2.36.